The summed E-state index contributed by atoms with van der Waals surface area (Å²) in [6, 6.07) is 9.79. The first kappa shape index (κ1) is 13.2. The van der Waals surface area contributed by atoms with Crippen LogP contribution in [0.1, 0.15) is 18.7 Å². The molecule has 0 amide bonds. The summed E-state index contributed by atoms with van der Waals surface area (Å²) < 4.78 is 10.4. The van der Waals surface area contributed by atoms with Gasteiger partial charge in [-0.25, -0.2) is 4.98 Å². The second-order valence-corrected chi connectivity index (χ2v) is 4.65. The zero-order chi connectivity index (χ0) is 14.7. The number of hydrazone groups is 1. The molecule has 0 fully saturated rings. The van der Waals surface area contributed by atoms with E-state index < -0.39 is 0 Å². The lowest BCUT2D eigenvalue weighted by Gasteiger charge is -2.21. The largest absolute Gasteiger partial charge is 0.497 e. The number of aromatic nitrogens is 1. The molecular formula is C15H14N4O2. The monoisotopic (exact) mass is 282 g/mol. The van der Waals surface area contributed by atoms with E-state index in [4.69, 9.17) is 14.4 Å². The SMILES string of the molecule is COc1ccc(N2N=C(c3ncco3)CC2CC#N)cc1. The van der Waals surface area contributed by atoms with Crippen molar-refractivity contribution in [2.24, 2.45) is 5.10 Å². The number of methoxy groups -OCH3 is 1. The van der Waals surface area contributed by atoms with Crippen LogP contribution >= 0.6 is 0 Å². The van der Waals surface area contributed by atoms with Crippen molar-refractivity contribution < 1.29 is 9.15 Å². The Hall–Kier alpha value is -2.81. The molecular weight excluding hydrogens is 268 g/mol. The third kappa shape index (κ3) is 2.58. The molecule has 2 heterocycles. The van der Waals surface area contributed by atoms with E-state index in [1.807, 2.05) is 29.3 Å². The third-order valence-corrected chi connectivity index (χ3v) is 3.35. The van der Waals surface area contributed by atoms with Gasteiger partial charge >= 0.3 is 0 Å². The van der Waals surface area contributed by atoms with Crippen LogP contribution in [0.4, 0.5) is 5.69 Å². The standard InChI is InChI=1S/C15H14N4O2/c1-20-13-4-2-11(3-5-13)19-12(6-7-16)10-14(18-19)15-17-8-9-21-15/h2-5,8-9,12H,6,10H2,1H3. The van der Waals surface area contributed by atoms with E-state index in [2.05, 4.69) is 16.2 Å². The number of benzene rings is 1. The van der Waals surface area contributed by atoms with Crippen molar-refractivity contribution in [2.45, 2.75) is 18.9 Å². The first-order chi connectivity index (χ1) is 10.3. The second kappa shape index (κ2) is 5.67. The molecule has 1 aromatic heterocycles. The van der Waals surface area contributed by atoms with Crippen molar-refractivity contribution in [1.29, 1.82) is 5.26 Å². The zero-order valence-electron chi connectivity index (χ0n) is 11.6. The van der Waals surface area contributed by atoms with Gasteiger partial charge < -0.3 is 9.15 Å². The number of nitrogens with zero attached hydrogens (tertiary/aromatic N) is 4. The lowest BCUT2D eigenvalue weighted by molar-refractivity contribution is 0.415. The Morgan fingerprint density at radius 3 is 2.86 bits per heavy atom. The molecule has 0 saturated heterocycles. The first-order valence-electron chi connectivity index (χ1n) is 6.59. The molecule has 1 atom stereocenters. The molecule has 1 aromatic carbocycles. The van der Waals surface area contributed by atoms with Crippen molar-refractivity contribution in [3.63, 3.8) is 0 Å². The van der Waals surface area contributed by atoms with Gasteiger partial charge in [-0.15, -0.1) is 0 Å². The summed E-state index contributed by atoms with van der Waals surface area (Å²) in [7, 11) is 1.63. The lowest BCUT2D eigenvalue weighted by atomic mass is 10.1. The first-order valence-corrected chi connectivity index (χ1v) is 6.59. The van der Waals surface area contributed by atoms with Crippen molar-refractivity contribution >= 4 is 11.4 Å². The number of anilines is 1. The van der Waals surface area contributed by atoms with Crippen molar-refractivity contribution in [3.05, 3.63) is 42.6 Å². The van der Waals surface area contributed by atoms with Gasteiger partial charge in [0.15, 0.2) is 0 Å². The van der Waals surface area contributed by atoms with E-state index in [9.17, 15) is 0 Å². The quantitative estimate of drug-likeness (QED) is 0.861. The van der Waals surface area contributed by atoms with Crippen LogP contribution < -0.4 is 9.75 Å². The molecule has 6 nitrogen and oxygen atoms in total. The summed E-state index contributed by atoms with van der Waals surface area (Å²) in [5, 5.41) is 15.4. The van der Waals surface area contributed by atoms with Gasteiger partial charge in [-0.3, -0.25) is 5.01 Å². The summed E-state index contributed by atoms with van der Waals surface area (Å²) in [4.78, 5) is 4.12. The molecule has 3 rings (SSSR count). The van der Waals surface area contributed by atoms with Crippen LogP contribution in [0.15, 0.2) is 46.2 Å². The smallest absolute Gasteiger partial charge is 0.242 e. The van der Waals surface area contributed by atoms with Crippen molar-refractivity contribution in [2.75, 3.05) is 12.1 Å². The summed E-state index contributed by atoms with van der Waals surface area (Å²) in [5.74, 6) is 1.29. The second-order valence-electron chi connectivity index (χ2n) is 4.65. The van der Waals surface area contributed by atoms with Gasteiger partial charge in [0, 0.05) is 6.42 Å². The highest BCUT2D eigenvalue weighted by molar-refractivity contribution is 5.99. The van der Waals surface area contributed by atoms with Crippen LogP contribution in [0.5, 0.6) is 5.75 Å². The Morgan fingerprint density at radius 2 is 2.24 bits per heavy atom. The van der Waals surface area contributed by atoms with Crippen molar-refractivity contribution in [3.8, 4) is 11.8 Å². The highest BCUT2D eigenvalue weighted by Gasteiger charge is 2.30. The molecule has 0 N–H and O–H groups in total. The fourth-order valence-corrected chi connectivity index (χ4v) is 2.33. The zero-order valence-corrected chi connectivity index (χ0v) is 11.6. The van der Waals surface area contributed by atoms with E-state index in [0.29, 0.717) is 18.7 Å². The number of hydrogen-bond donors (Lipinski definition) is 0. The molecule has 0 aliphatic carbocycles. The molecule has 2 aromatic rings. The van der Waals surface area contributed by atoms with Crippen LogP contribution in [0.3, 0.4) is 0 Å². The van der Waals surface area contributed by atoms with E-state index >= 15 is 0 Å². The van der Waals surface area contributed by atoms with Crippen LogP contribution in [-0.4, -0.2) is 23.8 Å². The number of oxazole rings is 1. The van der Waals surface area contributed by atoms with Gasteiger partial charge in [0.2, 0.25) is 5.89 Å². The summed E-state index contributed by atoms with van der Waals surface area (Å²) in [6.07, 6.45) is 4.14. The third-order valence-electron chi connectivity index (χ3n) is 3.35. The minimum atomic E-state index is -0.00899. The molecule has 0 saturated carbocycles. The maximum absolute atomic E-state index is 9.00. The molecule has 1 aliphatic heterocycles. The van der Waals surface area contributed by atoms with Gasteiger partial charge in [0.05, 0.1) is 37.5 Å². The minimum Gasteiger partial charge on any atom is -0.497 e. The Balaban J connectivity index is 1.90. The predicted molar refractivity (Wildman–Crippen MR) is 77.1 cm³/mol. The van der Waals surface area contributed by atoms with Crippen LogP contribution in [0, 0.1) is 11.3 Å². The molecule has 1 unspecified atom stereocenters. The highest BCUT2D eigenvalue weighted by Crippen LogP contribution is 2.29. The fourth-order valence-electron chi connectivity index (χ4n) is 2.33. The average Bonchev–Trinajstić information content (AvgIpc) is 3.17. The van der Waals surface area contributed by atoms with Gasteiger partial charge in [0.25, 0.3) is 0 Å². The van der Waals surface area contributed by atoms with Crippen molar-refractivity contribution in [1.82, 2.24) is 4.98 Å². The average molecular weight is 282 g/mol. The Labute approximate surface area is 122 Å². The van der Waals surface area contributed by atoms with Crippen LogP contribution in [-0.2, 0) is 0 Å². The van der Waals surface area contributed by atoms with Gasteiger partial charge in [0.1, 0.15) is 17.7 Å². The number of hydrogen-bond acceptors (Lipinski definition) is 6. The van der Waals surface area contributed by atoms with Crippen LogP contribution in [0.25, 0.3) is 0 Å². The Kier molecular flexibility index (Phi) is 3.56. The van der Waals surface area contributed by atoms with Gasteiger partial charge in [-0.05, 0) is 24.3 Å². The maximum Gasteiger partial charge on any atom is 0.242 e. The van der Waals surface area contributed by atoms with Gasteiger partial charge in [-0.2, -0.15) is 10.4 Å². The molecule has 1 aliphatic rings. The summed E-state index contributed by atoms with van der Waals surface area (Å²) in [5.41, 5.74) is 1.67. The minimum absolute atomic E-state index is 0.00899. The predicted octanol–water partition coefficient (Wildman–Crippen LogP) is 2.58. The van der Waals surface area contributed by atoms with Gasteiger partial charge in [-0.1, -0.05) is 0 Å². The molecule has 0 bridgehead atoms. The number of rotatable bonds is 4. The lowest BCUT2D eigenvalue weighted by Crippen LogP contribution is -2.25. The van der Waals surface area contributed by atoms with Crippen LogP contribution in [0.2, 0.25) is 0 Å². The molecule has 6 heteroatoms. The van der Waals surface area contributed by atoms with E-state index in [1.165, 1.54) is 6.26 Å². The number of nitriles is 1. The normalized spacial score (nSPS) is 17.4. The number of ether oxygens (including phenoxy) is 1. The molecule has 0 spiro atoms. The summed E-state index contributed by atoms with van der Waals surface area (Å²) in [6.45, 7) is 0. The maximum atomic E-state index is 9.00. The molecule has 0 radical (unpaired) electrons. The topological polar surface area (TPSA) is 74.7 Å². The van der Waals surface area contributed by atoms with E-state index in [1.54, 1.807) is 13.3 Å². The molecule has 21 heavy (non-hydrogen) atoms. The van der Waals surface area contributed by atoms with E-state index in [-0.39, 0.29) is 6.04 Å². The molecule has 106 valence electrons. The van der Waals surface area contributed by atoms with E-state index in [0.717, 1.165) is 17.1 Å². The Bertz CT molecular complexity index is 671. The highest BCUT2D eigenvalue weighted by atomic mass is 16.5. The Morgan fingerprint density at radius 1 is 1.43 bits per heavy atom. The summed E-state index contributed by atoms with van der Waals surface area (Å²) >= 11 is 0. The fraction of sp³-hybridized carbons (Fsp3) is 0.267.